The number of carbonyl (C=O) groups is 3. The molecule has 0 aromatic carbocycles. The number of aliphatic hydroxyl groups is 1. The van der Waals surface area contributed by atoms with Gasteiger partial charge in [0.15, 0.2) is 18.1 Å². The Balaban J connectivity index is 1.38. The molecule has 0 heterocycles. The molecule has 1 N–H and O–H groups in total. The van der Waals surface area contributed by atoms with Crippen LogP contribution in [0.1, 0.15) is 65.7 Å². The third-order valence-corrected chi connectivity index (χ3v) is 11.9. The van der Waals surface area contributed by atoms with Crippen LogP contribution in [-0.2, 0) is 23.8 Å². The number of ether oxygens (including phenoxy) is 3. The number of rotatable bonds is 4. The number of nitrogens with zero attached hydrogens (tertiary/aromatic N) is 1. The van der Waals surface area contributed by atoms with Crippen molar-refractivity contribution >= 4 is 17.9 Å². The molecule has 6 aliphatic rings. The van der Waals surface area contributed by atoms with Crippen molar-refractivity contribution in [3.8, 4) is 6.07 Å². The minimum atomic E-state index is -2.35. The molecule has 8 nitrogen and oxygen atoms in total. The lowest BCUT2D eigenvalue weighted by molar-refractivity contribution is -0.234. The lowest BCUT2D eigenvalue weighted by Gasteiger charge is -2.62. The molecule has 12 atom stereocenters. The highest BCUT2D eigenvalue weighted by Crippen LogP contribution is 2.71. The summed E-state index contributed by atoms with van der Waals surface area (Å²) in [5.41, 5.74) is -7.28. The van der Waals surface area contributed by atoms with Crippen molar-refractivity contribution in [2.75, 3.05) is 6.61 Å². The number of nitriles is 1. The highest BCUT2D eigenvalue weighted by molar-refractivity contribution is 6.01. The summed E-state index contributed by atoms with van der Waals surface area (Å²) < 4.78 is 50.3. The van der Waals surface area contributed by atoms with Crippen LogP contribution in [0.15, 0.2) is 23.8 Å². The Labute approximate surface area is 238 Å². The molecule has 0 spiro atoms. The van der Waals surface area contributed by atoms with Crippen molar-refractivity contribution in [1.29, 1.82) is 5.26 Å². The minimum absolute atomic E-state index is 0.00262. The van der Waals surface area contributed by atoms with Crippen LogP contribution >= 0.6 is 0 Å². The number of halogens is 2. The summed E-state index contributed by atoms with van der Waals surface area (Å²) in [6, 6.07) is 1.76. The zero-order valence-corrected chi connectivity index (χ0v) is 23.6. The average Bonchev–Trinajstić information content (AvgIpc) is 3.59. The van der Waals surface area contributed by atoms with E-state index in [9.17, 15) is 19.5 Å². The molecule has 6 rings (SSSR count). The van der Waals surface area contributed by atoms with Crippen molar-refractivity contribution < 1.29 is 42.5 Å². The maximum absolute atomic E-state index is 17.5. The fraction of sp³-hybridized carbons (Fsp3) is 0.742. The summed E-state index contributed by atoms with van der Waals surface area (Å²) in [4.78, 5) is 39.3. The van der Waals surface area contributed by atoms with Crippen LogP contribution in [0.5, 0.6) is 0 Å². The van der Waals surface area contributed by atoms with Gasteiger partial charge in [0.25, 0.3) is 0 Å². The molecule has 5 saturated carbocycles. The minimum Gasteiger partial charge on any atom is -0.447 e. The topological polar surface area (TPSA) is 123 Å². The molecule has 0 saturated heterocycles. The second-order valence-corrected chi connectivity index (χ2v) is 13.6. The van der Waals surface area contributed by atoms with Gasteiger partial charge < -0.3 is 19.3 Å². The summed E-state index contributed by atoms with van der Waals surface area (Å²) in [5, 5.41) is 20.8. The van der Waals surface area contributed by atoms with Crippen molar-refractivity contribution in [2.24, 2.45) is 40.4 Å². The van der Waals surface area contributed by atoms with Crippen LogP contribution in [-0.4, -0.2) is 59.3 Å². The van der Waals surface area contributed by atoms with E-state index in [-0.39, 0.29) is 36.9 Å². The SMILES string of the molecule is C[C@@H]1C[C@H]2[C@@H]3C[C@H](F)C4=CC(=O)C=C[C@]4(C)[C@@]3(F)[C@@H](O)C[C@]2(C)[C@@]1(OC(=O)O[C@@H]1C[C@H]2CC[C@@H]1C2)C(=O)OCC#N. The molecular formula is C31H37F2NO7. The number of allylic oxidation sites excluding steroid dienone is 4. The van der Waals surface area contributed by atoms with Gasteiger partial charge in [-0.25, -0.2) is 18.4 Å². The molecule has 2 bridgehead atoms. The summed E-state index contributed by atoms with van der Waals surface area (Å²) in [6.07, 6.45) is 2.36. The smallest absolute Gasteiger partial charge is 0.447 e. The first-order chi connectivity index (χ1) is 19.3. The fourth-order valence-corrected chi connectivity index (χ4v) is 10.0. The molecule has 0 aliphatic heterocycles. The first-order valence-electron chi connectivity index (χ1n) is 14.7. The number of alkyl halides is 2. The Bertz CT molecular complexity index is 1280. The monoisotopic (exact) mass is 573 g/mol. The van der Waals surface area contributed by atoms with Crippen LogP contribution in [0.4, 0.5) is 13.6 Å². The number of fused-ring (bicyclic) bond motifs is 7. The van der Waals surface area contributed by atoms with Gasteiger partial charge in [0.2, 0.25) is 5.60 Å². The van der Waals surface area contributed by atoms with E-state index in [4.69, 9.17) is 19.5 Å². The maximum atomic E-state index is 17.5. The maximum Gasteiger partial charge on any atom is 0.509 e. The van der Waals surface area contributed by atoms with E-state index in [2.05, 4.69) is 0 Å². The van der Waals surface area contributed by atoms with Gasteiger partial charge in [0.05, 0.1) is 6.10 Å². The lowest BCUT2D eigenvalue weighted by Crippen LogP contribution is -2.71. The number of ketones is 1. The van der Waals surface area contributed by atoms with Crippen molar-refractivity contribution in [3.63, 3.8) is 0 Å². The molecule has 41 heavy (non-hydrogen) atoms. The standard InChI is InChI=1S/C31H37F2NO7/c1-16-10-20-21-14-23(32)22-13-19(35)6-7-28(22,2)30(21,33)25(36)15-29(20,3)31(16,26(37)39-9-8-34)41-27(38)40-24-12-17-4-5-18(24)11-17/h6-7,13,16-18,20-21,23-25,36H,4-5,9-12,14-15H2,1-3H3/t16-,17+,18-,20+,21+,23+,24-,25+,28+,29+,30+,31+/m1/s1. The largest absolute Gasteiger partial charge is 0.509 e. The summed E-state index contributed by atoms with van der Waals surface area (Å²) in [5.74, 6) is -3.13. The van der Waals surface area contributed by atoms with E-state index in [1.807, 2.05) is 0 Å². The Morgan fingerprint density at radius 1 is 1.17 bits per heavy atom. The third-order valence-electron chi connectivity index (χ3n) is 11.9. The molecule has 6 aliphatic carbocycles. The van der Waals surface area contributed by atoms with Gasteiger partial charge in [-0.3, -0.25) is 4.79 Å². The van der Waals surface area contributed by atoms with Gasteiger partial charge >= 0.3 is 12.1 Å². The van der Waals surface area contributed by atoms with Crippen LogP contribution in [0.2, 0.25) is 0 Å². The first kappa shape index (κ1) is 28.3. The molecule has 10 heteroatoms. The summed E-state index contributed by atoms with van der Waals surface area (Å²) in [6.45, 7) is 4.26. The van der Waals surface area contributed by atoms with Crippen molar-refractivity contribution in [3.05, 3.63) is 23.8 Å². The third kappa shape index (κ3) is 3.66. The molecular weight excluding hydrogens is 536 g/mol. The molecule has 0 radical (unpaired) electrons. The highest BCUT2D eigenvalue weighted by Gasteiger charge is 2.79. The van der Waals surface area contributed by atoms with Crippen LogP contribution in [0.3, 0.4) is 0 Å². The van der Waals surface area contributed by atoms with Crippen molar-refractivity contribution in [1.82, 2.24) is 0 Å². The van der Waals surface area contributed by atoms with Crippen molar-refractivity contribution in [2.45, 2.75) is 95.4 Å². The molecule has 0 unspecified atom stereocenters. The van der Waals surface area contributed by atoms with Gasteiger partial charge in [-0.2, -0.15) is 5.26 Å². The van der Waals surface area contributed by atoms with E-state index in [1.165, 1.54) is 19.1 Å². The molecule has 222 valence electrons. The van der Waals surface area contributed by atoms with E-state index >= 15 is 8.78 Å². The second-order valence-electron chi connectivity index (χ2n) is 13.6. The van der Waals surface area contributed by atoms with Crippen LogP contribution < -0.4 is 0 Å². The number of carbonyl (C=O) groups excluding carboxylic acids is 3. The number of aliphatic hydroxyl groups excluding tert-OH is 1. The van der Waals surface area contributed by atoms with Crippen LogP contribution in [0.25, 0.3) is 0 Å². The first-order valence-corrected chi connectivity index (χ1v) is 14.7. The van der Waals surface area contributed by atoms with Gasteiger partial charge in [0.1, 0.15) is 18.3 Å². The Morgan fingerprint density at radius 3 is 2.59 bits per heavy atom. The molecule has 5 fully saturated rings. The van der Waals surface area contributed by atoms with Gasteiger partial charge in [-0.05, 0) is 87.3 Å². The molecule has 0 aromatic heterocycles. The summed E-state index contributed by atoms with van der Waals surface area (Å²) in [7, 11) is 0. The second kappa shape index (κ2) is 9.35. The van der Waals surface area contributed by atoms with Gasteiger partial charge in [-0.1, -0.05) is 19.9 Å². The molecule has 0 aromatic rings. The lowest BCUT2D eigenvalue weighted by atomic mass is 9.44. The van der Waals surface area contributed by atoms with E-state index in [1.54, 1.807) is 19.9 Å². The van der Waals surface area contributed by atoms with E-state index < -0.39 is 76.6 Å². The predicted octanol–water partition coefficient (Wildman–Crippen LogP) is 4.70. The Morgan fingerprint density at radius 2 is 1.93 bits per heavy atom. The zero-order chi connectivity index (χ0) is 29.5. The molecule has 0 amide bonds. The predicted molar refractivity (Wildman–Crippen MR) is 139 cm³/mol. The summed E-state index contributed by atoms with van der Waals surface area (Å²) >= 11 is 0. The number of esters is 1. The Kier molecular flexibility index (Phi) is 6.46. The van der Waals surface area contributed by atoms with Crippen LogP contribution in [0, 0.1) is 51.8 Å². The highest BCUT2D eigenvalue weighted by atomic mass is 19.1. The van der Waals surface area contributed by atoms with Gasteiger partial charge in [-0.15, -0.1) is 0 Å². The normalized spacial score (nSPS) is 49.3. The van der Waals surface area contributed by atoms with E-state index in [0.29, 0.717) is 5.92 Å². The fourth-order valence-electron chi connectivity index (χ4n) is 10.0. The number of hydrogen-bond acceptors (Lipinski definition) is 8. The Hall–Kier alpha value is -2.80. The average molecular weight is 574 g/mol. The number of hydrogen-bond donors (Lipinski definition) is 1. The quantitative estimate of drug-likeness (QED) is 0.481. The van der Waals surface area contributed by atoms with Gasteiger partial charge in [0, 0.05) is 22.7 Å². The zero-order valence-electron chi connectivity index (χ0n) is 23.6. The van der Waals surface area contributed by atoms with E-state index in [0.717, 1.165) is 31.8 Å².